The average Bonchev–Trinajstić information content (AvgIpc) is 3.49. The molecule has 2 nitrogen and oxygen atoms in total. The highest BCUT2D eigenvalue weighted by atomic mass is 32.1. The second-order valence-corrected chi connectivity index (χ2v) is 12.1. The van der Waals surface area contributed by atoms with Crippen molar-refractivity contribution in [2.24, 2.45) is 0 Å². The summed E-state index contributed by atoms with van der Waals surface area (Å²) >= 11 is 1.85. The van der Waals surface area contributed by atoms with Gasteiger partial charge in [-0.1, -0.05) is 97.1 Å². The molecule has 0 spiro atoms. The molecule has 0 atom stereocenters. The lowest BCUT2D eigenvalue weighted by Gasteiger charge is -2.26. The molecule has 8 aromatic rings. The first-order valence-corrected chi connectivity index (χ1v) is 16.0. The van der Waals surface area contributed by atoms with Crippen molar-refractivity contribution in [2.45, 2.75) is 0 Å². The van der Waals surface area contributed by atoms with Crippen LogP contribution in [-0.4, -0.2) is 0 Å². The molecule has 1 heterocycles. The highest BCUT2D eigenvalue weighted by Crippen LogP contribution is 2.41. The lowest BCUT2D eigenvalue weighted by Crippen LogP contribution is -2.09. The Balaban J connectivity index is 1.14. The molecule has 1 aromatic heterocycles. The molecule has 0 N–H and O–H groups in total. The zero-order valence-corrected chi connectivity index (χ0v) is 25.4. The van der Waals surface area contributed by atoms with Gasteiger partial charge in [-0.05, 0) is 96.1 Å². The van der Waals surface area contributed by atoms with Crippen LogP contribution in [-0.2, 0) is 0 Å². The molecule has 8 rings (SSSR count). The first-order valence-electron chi connectivity index (χ1n) is 15.2. The van der Waals surface area contributed by atoms with E-state index in [0.717, 1.165) is 34.1 Å². The van der Waals surface area contributed by atoms with Gasteiger partial charge in [-0.15, -0.1) is 11.3 Å². The second kappa shape index (κ2) is 11.8. The van der Waals surface area contributed by atoms with E-state index in [2.05, 4.69) is 192 Å². The normalized spacial score (nSPS) is 11.1. The summed E-state index contributed by atoms with van der Waals surface area (Å²) in [6, 6.07) is 64.9. The SMILES string of the molecule is c1ccc(N(c2ccccc2)c2ccc(-c3ccc(N(c4ccccc4)c4ccc5sc6ccccc6c5c4)cc3)cc2)cc1. The predicted octanol–water partition coefficient (Wildman–Crippen LogP) is 12.7. The Morgan fingerprint density at radius 2 is 0.667 bits per heavy atom. The van der Waals surface area contributed by atoms with Crippen molar-refractivity contribution >= 4 is 65.6 Å². The third kappa shape index (κ3) is 5.24. The topological polar surface area (TPSA) is 6.48 Å². The molecule has 3 heteroatoms. The quantitative estimate of drug-likeness (QED) is 0.181. The molecule has 214 valence electrons. The van der Waals surface area contributed by atoms with Gasteiger partial charge in [0.25, 0.3) is 0 Å². The van der Waals surface area contributed by atoms with Gasteiger partial charge in [0.05, 0.1) is 0 Å². The molecule has 0 fully saturated rings. The van der Waals surface area contributed by atoms with E-state index in [-0.39, 0.29) is 0 Å². The number of fused-ring (bicyclic) bond motifs is 3. The van der Waals surface area contributed by atoms with E-state index in [9.17, 15) is 0 Å². The van der Waals surface area contributed by atoms with Gasteiger partial charge in [-0.2, -0.15) is 0 Å². The Morgan fingerprint density at radius 1 is 0.289 bits per heavy atom. The minimum atomic E-state index is 1.12. The van der Waals surface area contributed by atoms with Crippen molar-refractivity contribution in [2.75, 3.05) is 9.80 Å². The molecule has 0 bridgehead atoms. The Kier molecular flexibility index (Phi) is 7.07. The molecule has 45 heavy (non-hydrogen) atoms. The van der Waals surface area contributed by atoms with E-state index >= 15 is 0 Å². The Hall–Kier alpha value is -5.64. The van der Waals surface area contributed by atoms with Crippen LogP contribution in [0.4, 0.5) is 34.1 Å². The Morgan fingerprint density at radius 3 is 1.18 bits per heavy atom. The van der Waals surface area contributed by atoms with Gasteiger partial charge in [-0.3, -0.25) is 0 Å². The van der Waals surface area contributed by atoms with Crippen LogP contribution in [0.2, 0.25) is 0 Å². The van der Waals surface area contributed by atoms with Crippen molar-refractivity contribution in [1.29, 1.82) is 0 Å². The van der Waals surface area contributed by atoms with E-state index in [1.165, 1.54) is 31.3 Å². The largest absolute Gasteiger partial charge is 0.311 e. The Bertz CT molecular complexity index is 2150. The third-order valence-corrected chi connectivity index (χ3v) is 9.40. The number of benzene rings is 7. The maximum Gasteiger partial charge on any atom is 0.0468 e. The zero-order chi connectivity index (χ0) is 30.0. The van der Waals surface area contributed by atoms with Crippen LogP contribution in [0.5, 0.6) is 0 Å². The van der Waals surface area contributed by atoms with Crippen LogP contribution in [0.15, 0.2) is 182 Å². The number of hydrogen-bond donors (Lipinski definition) is 0. The fourth-order valence-electron chi connectivity index (χ4n) is 6.08. The van der Waals surface area contributed by atoms with Crippen molar-refractivity contribution in [3.63, 3.8) is 0 Å². The van der Waals surface area contributed by atoms with Gasteiger partial charge in [-0.25, -0.2) is 0 Å². The maximum atomic E-state index is 2.34. The van der Waals surface area contributed by atoms with E-state index in [4.69, 9.17) is 0 Å². The molecule has 7 aromatic carbocycles. The highest BCUT2D eigenvalue weighted by molar-refractivity contribution is 7.25. The summed E-state index contributed by atoms with van der Waals surface area (Å²) in [6.07, 6.45) is 0. The lowest BCUT2D eigenvalue weighted by atomic mass is 10.0. The first-order chi connectivity index (χ1) is 22.3. The summed E-state index contributed by atoms with van der Waals surface area (Å²) in [5.41, 5.74) is 9.17. The minimum absolute atomic E-state index is 1.12. The number of thiophene rings is 1. The van der Waals surface area contributed by atoms with Crippen molar-refractivity contribution in [1.82, 2.24) is 0 Å². The highest BCUT2D eigenvalue weighted by Gasteiger charge is 2.16. The first kappa shape index (κ1) is 26.9. The molecule has 0 aliphatic rings. The lowest BCUT2D eigenvalue weighted by molar-refractivity contribution is 1.28. The summed E-state index contributed by atoms with van der Waals surface area (Å²) in [4.78, 5) is 4.63. The molecule has 0 saturated carbocycles. The average molecular weight is 595 g/mol. The number of para-hydroxylation sites is 3. The Labute approximate surface area is 267 Å². The van der Waals surface area contributed by atoms with E-state index < -0.39 is 0 Å². The smallest absolute Gasteiger partial charge is 0.0468 e. The van der Waals surface area contributed by atoms with Crippen LogP contribution in [0.1, 0.15) is 0 Å². The molecule has 0 aliphatic heterocycles. The van der Waals surface area contributed by atoms with Gasteiger partial charge < -0.3 is 9.80 Å². The van der Waals surface area contributed by atoms with Gasteiger partial charge in [0.2, 0.25) is 0 Å². The van der Waals surface area contributed by atoms with Gasteiger partial charge in [0.15, 0.2) is 0 Å². The summed E-state index contributed by atoms with van der Waals surface area (Å²) < 4.78 is 2.63. The summed E-state index contributed by atoms with van der Waals surface area (Å²) in [5, 5.41) is 2.61. The van der Waals surface area contributed by atoms with Crippen LogP contribution < -0.4 is 9.80 Å². The fraction of sp³-hybridized carbons (Fsp3) is 0. The maximum absolute atomic E-state index is 2.34. The number of rotatable bonds is 7. The van der Waals surface area contributed by atoms with Crippen LogP contribution in [0, 0.1) is 0 Å². The third-order valence-electron chi connectivity index (χ3n) is 8.25. The van der Waals surface area contributed by atoms with Gasteiger partial charge in [0, 0.05) is 54.3 Å². The van der Waals surface area contributed by atoms with E-state index in [0.29, 0.717) is 0 Å². The molecular weight excluding hydrogens is 565 g/mol. The van der Waals surface area contributed by atoms with Gasteiger partial charge >= 0.3 is 0 Å². The zero-order valence-electron chi connectivity index (χ0n) is 24.6. The summed E-state index contributed by atoms with van der Waals surface area (Å²) in [7, 11) is 0. The number of nitrogens with zero attached hydrogens (tertiary/aromatic N) is 2. The second-order valence-electron chi connectivity index (χ2n) is 11.0. The minimum Gasteiger partial charge on any atom is -0.311 e. The van der Waals surface area contributed by atoms with Crippen molar-refractivity contribution in [3.05, 3.63) is 182 Å². The fourth-order valence-corrected chi connectivity index (χ4v) is 7.17. The van der Waals surface area contributed by atoms with Crippen molar-refractivity contribution < 1.29 is 0 Å². The van der Waals surface area contributed by atoms with E-state index in [1.807, 2.05) is 11.3 Å². The number of anilines is 6. The molecule has 0 radical (unpaired) electrons. The monoisotopic (exact) mass is 594 g/mol. The summed E-state index contributed by atoms with van der Waals surface area (Å²) in [6.45, 7) is 0. The molecule has 0 amide bonds. The van der Waals surface area contributed by atoms with Crippen LogP contribution in [0.25, 0.3) is 31.3 Å². The molecule has 0 aliphatic carbocycles. The molecule has 0 saturated heterocycles. The van der Waals surface area contributed by atoms with Crippen LogP contribution in [0.3, 0.4) is 0 Å². The number of hydrogen-bond acceptors (Lipinski definition) is 3. The van der Waals surface area contributed by atoms with Gasteiger partial charge in [0.1, 0.15) is 0 Å². The van der Waals surface area contributed by atoms with E-state index in [1.54, 1.807) is 0 Å². The molecule has 0 unspecified atom stereocenters. The van der Waals surface area contributed by atoms with Crippen molar-refractivity contribution in [3.8, 4) is 11.1 Å². The standard InChI is InChI=1S/C42H30N2S/c1-4-12-33(13-5-1)43(34-14-6-2-7-15-34)36-24-20-31(21-25-36)32-22-26-37(27-23-32)44(35-16-8-3-9-17-35)38-28-29-42-40(30-38)39-18-10-11-19-41(39)45-42/h1-30H. The predicted molar refractivity (Wildman–Crippen MR) is 194 cm³/mol. The summed E-state index contributed by atoms with van der Waals surface area (Å²) in [5.74, 6) is 0. The molecular formula is C42H30N2S. The van der Waals surface area contributed by atoms with Crippen LogP contribution >= 0.6 is 11.3 Å².